The maximum Gasteiger partial charge on any atom is 0.0737 e. The number of H-pyrrole nitrogens is 2. The molecule has 2 aliphatic rings. The summed E-state index contributed by atoms with van der Waals surface area (Å²) in [6.07, 6.45) is 8.29. The Labute approximate surface area is 316 Å². The fourth-order valence-corrected chi connectivity index (χ4v) is 7.02. The Balaban J connectivity index is 0.00000400. The van der Waals surface area contributed by atoms with E-state index in [9.17, 15) is 0 Å². The van der Waals surface area contributed by atoms with Gasteiger partial charge in [-0.05, 0) is 119 Å². The summed E-state index contributed by atoms with van der Waals surface area (Å²) in [6, 6.07) is 40.0. The van der Waals surface area contributed by atoms with Gasteiger partial charge in [0.2, 0.25) is 0 Å². The van der Waals surface area contributed by atoms with E-state index in [-0.39, 0.29) is 17.1 Å². The second kappa shape index (κ2) is 13.4. The Kier molecular flexibility index (Phi) is 8.43. The Hall–Kier alpha value is -6.80. The molecule has 0 aliphatic carbocycles. The molecule has 10 N–H and O–H groups in total. The van der Waals surface area contributed by atoms with Gasteiger partial charge in [0, 0.05) is 84.1 Å². The third-order valence-electron chi connectivity index (χ3n) is 9.55. The molecule has 0 spiro atoms. The van der Waals surface area contributed by atoms with Gasteiger partial charge in [0.25, 0.3) is 0 Å². The molecule has 2 aliphatic heterocycles. The summed E-state index contributed by atoms with van der Waals surface area (Å²) < 4.78 is 0. The van der Waals surface area contributed by atoms with Gasteiger partial charge < -0.3 is 32.9 Å². The fourth-order valence-electron chi connectivity index (χ4n) is 7.02. The van der Waals surface area contributed by atoms with Gasteiger partial charge in [0.05, 0.1) is 22.8 Å². The van der Waals surface area contributed by atoms with Crippen LogP contribution in [0.4, 0.5) is 22.7 Å². The smallest absolute Gasteiger partial charge is 0.0737 e. The zero-order valence-corrected chi connectivity index (χ0v) is 29.6. The van der Waals surface area contributed by atoms with Crippen molar-refractivity contribution < 1.29 is 17.1 Å². The van der Waals surface area contributed by atoms with Crippen molar-refractivity contribution in [2.24, 2.45) is 0 Å². The van der Waals surface area contributed by atoms with Gasteiger partial charge in [-0.1, -0.05) is 48.5 Å². The van der Waals surface area contributed by atoms with Crippen LogP contribution in [0.25, 0.3) is 90.9 Å². The normalized spacial score (nSPS) is 11.8. The van der Waals surface area contributed by atoms with Crippen molar-refractivity contribution in [3.63, 3.8) is 0 Å². The number of hydrogen-bond acceptors (Lipinski definition) is 6. The molecule has 5 heterocycles. The van der Waals surface area contributed by atoms with E-state index < -0.39 is 0 Å². The molecule has 7 aromatic rings. The Morgan fingerprint density at radius 3 is 0.717 bits per heavy atom. The Bertz CT molecular complexity index is 2370. The summed E-state index contributed by atoms with van der Waals surface area (Å²) in [5, 5.41) is 0. The molecule has 0 saturated carbocycles. The number of nitrogens with one attached hydrogen (secondary N) is 2. The molecular weight excluding hydrogens is 695 g/mol. The average Bonchev–Trinajstić information content (AvgIpc) is 3.99. The SMILES string of the molecule is Nc1ccc(-c2c3nc(c(-c4ccc(N)cc4)c4ccc([nH]4)c(-c4ccc(N)cc4)c4nc(c(-c5ccc(N)cc5)c5ccc2[nH]5)C=C4)C=C3)cc1.[Mn]. The van der Waals surface area contributed by atoms with Crippen LogP contribution in [0, 0.1) is 0 Å². The third-order valence-corrected chi connectivity index (χ3v) is 9.55. The summed E-state index contributed by atoms with van der Waals surface area (Å²) in [5.74, 6) is 0. The largest absolute Gasteiger partial charge is 0.399 e. The molecule has 3 aromatic heterocycles. The van der Waals surface area contributed by atoms with Crippen LogP contribution in [0.3, 0.4) is 0 Å². The molecule has 8 nitrogen and oxygen atoms in total. The van der Waals surface area contributed by atoms with Crippen LogP contribution in [0.1, 0.15) is 22.8 Å². The maximum absolute atomic E-state index is 6.15. The van der Waals surface area contributed by atoms with Crippen molar-refractivity contribution in [3.8, 4) is 44.5 Å². The number of hydrogen-bond donors (Lipinski definition) is 6. The van der Waals surface area contributed by atoms with Crippen LogP contribution < -0.4 is 22.9 Å². The molecule has 9 heteroatoms. The first-order valence-corrected chi connectivity index (χ1v) is 17.0. The van der Waals surface area contributed by atoms with Crippen LogP contribution >= 0.6 is 0 Å². The zero-order chi connectivity index (χ0) is 35.3. The van der Waals surface area contributed by atoms with Gasteiger partial charge in [-0.15, -0.1) is 0 Å². The Morgan fingerprint density at radius 1 is 0.302 bits per heavy atom. The summed E-state index contributed by atoms with van der Waals surface area (Å²) in [7, 11) is 0. The van der Waals surface area contributed by atoms with E-state index in [2.05, 4.69) is 58.5 Å². The van der Waals surface area contributed by atoms with Gasteiger partial charge in [-0.3, -0.25) is 0 Å². The van der Waals surface area contributed by atoms with Crippen molar-refractivity contribution in [1.82, 2.24) is 19.9 Å². The number of nitrogens with two attached hydrogens (primary N) is 4. The molecule has 9 rings (SSSR count). The van der Waals surface area contributed by atoms with E-state index in [0.29, 0.717) is 22.7 Å². The summed E-state index contributed by atoms with van der Waals surface area (Å²) in [6.45, 7) is 0. The Morgan fingerprint density at radius 2 is 0.509 bits per heavy atom. The van der Waals surface area contributed by atoms with Crippen LogP contribution in [0.5, 0.6) is 0 Å². The number of benzene rings is 4. The average molecular weight is 730 g/mol. The topological polar surface area (TPSA) is 161 Å². The van der Waals surface area contributed by atoms with Crippen molar-refractivity contribution in [3.05, 3.63) is 144 Å². The number of nitrogen functional groups attached to an aromatic ring is 4. The monoisotopic (exact) mass is 729 g/mol. The molecule has 0 amide bonds. The van der Waals surface area contributed by atoms with Gasteiger partial charge in [-0.2, -0.15) is 0 Å². The summed E-state index contributed by atoms with van der Waals surface area (Å²) >= 11 is 0. The summed E-state index contributed by atoms with van der Waals surface area (Å²) in [5.41, 5.74) is 41.9. The van der Waals surface area contributed by atoms with E-state index in [1.807, 2.05) is 97.1 Å². The third kappa shape index (κ3) is 6.14. The van der Waals surface area contributed by atoms with Crippen LogP contribution in [0.15, 0.2) is 121 Å². The van der Waals surface area contributed by atoms with Gasteiger partial charge in [0.1, 0.15) is 0 Å². The number of aromatic amines is 2. The van der Waals surface area contributed by atoms with Gasteiger partial charge in [0.15, 0.2) is 0 Å². The molecule has 0 atom stereocenters. The number of rotatable bonds is 4. The van der Waals surface area contributed by atoms with Crippen molar-refractivity contribution in [1.29, 1.82) is 0 Å². The van der Waals surface area contributed by atoms with Crippen molar-refractivity contribution in [2.45, 2.75) is 0 Å². The molecule has 53 heavy (non-hydrogen) atoms. The quantitative estimate of drug-likeness (QED) is 0.0781. The van der Waals surface area contributed by atoms with Crippen molar-refractivity contribution >= 4 is 69.1 Å². The van der Waals surface area contributed by atoms with E-state index in [4.69, 9.17) is 32.9 Å². The number of nitrogens with zero attached hydrogens (tertiary/aromatic N) is 2. The number of aromatic nitrogens is 4. The number of anilines is 4. The predicted molar refractivity (Wildman–Crippen MR) is 218 cm³/mol. The van der Waals surface area contributed by atoms with E-state index in [1.165, 1.54) is 0 Å². The van der Waals surface area contributed by atoms with Crippen LogP contribution in [-0.2, 0) is 17.1 Å². The first kappa shape index (κ1) is 33.3. The maximum atomic E-state index is 6.15. The minimum absolute atomic E-state index is 0. The van der Waals surface area contributed by atoms with E-state index in [1.54, 1.807) is 0 Å². The van der Waals surface area contributed by atoms with E-state index >= 15 is 0 Å². The minimum atomic E-state index is 0. The second-order valence-electron chi connectivity index (χ2n) is 13.0. The number of fused-ring (bicyclic) bond motifs is 8. The molecule has 4 aromatic carbocycles. The first-order chi connectivity index (χ1) is 25.4. The standard InChI is InChI=1S/C44H34N8.Mn/c45-29-9-1-25(2-10-29)41-33-17-19-35(49-33)42(26-3-11-30(46)12-4-26)37-21-23-39(51-37)44(28-7-15-32(48)16-8-28)40-24-22-38(52-40)43(36-20-18-34(41)50-36)27-5-13-31(47)14-6-27;/h1-24,49,52H,45-48H2;. The van der Waals surface area contributed by atoms with Gasteiger partial charge in [-0.25, -0.2) is 9.97 Å². The fraction of sp³-hybridized carbons (Fsp3) is 0. The van der Waals surface area contributed by atoms with Crippen molar-refractivity contribution in [2.75, 3.05) is 22.9 Å². The molecule has 0 fully saturated rings. The van der Waals surface area contributed by atoms with E-state index in [0.717, 1.165) is 89.4 Å². The molecule has 1 radical (unpaired) electrons. The first-order valence-electron chi connectivity index (χ1n) is 17.0. The minimum Gasteiger partial charge on any atom is -0.399 e. The molecule has 8 bridgehead atoms. The molecule has 257 valence electrons. The molecule has 0 unspecified atom stereocenters. The summed E-state index contributed by atoms with van der Waals surface area (Å²) in [4.78, 5) is 18.2. The zero-order valence-electron chi connectivity index (χ0n) is 28.4. The van der Waals surface area contributed by atoms with Gasteiger partial charge >= 0.3 is 0 Å². The second-order valence-corrected chi connectivity index (χ2v) is 13.0. The molecular formula is C44H34MnN8. The van der Waals surface area contributed by atoms with Crippen LogP contribution in [0.2, 0.25) is 0 Å². The predicted octanol–water partition coefficient (Wildman–Crippen LogP) is 9.65. The van der Waals surface area contributed by atoms with Crippen LogP contribution in [-0.4, -0.2) is 19.9 Å². The molecule has 0 saturated heterocycles.